The average molecular weight is 333 g/mol. The van der Waals surface area contributed by atoms with Crippen LogP contribution in [0.1, 0.15) is 35.3 Å². The van der Waals surface area contributed by atoms with E-state index in [2.05, 4.69) is 28.2 Å². The van der Waals surface area contributed by atoms with Gasteiger partial charge in [0.2, 0.25) is 0 Å². The molecule has 0 spiro atoms. The molecule has 1 amide bonds. The fourth-order valence-corrected chi connectivity index (χ4v) is 2.26. The van der Waals surface area contributed by atoms with Crippen LogP contribution in [0.2, 0.25) is 0 Å². The van der Waals surface area contributed by atoms with Crippen LogP contribution in [0, 0.1) is 0 Å². The lowest BCUT2D eigenvalue weighted by atomic mass is 10.0. The molecule has 1 atom stereocenters. The molecule has 20 heavy (non-hydrogen) atoms. The summed E-state index contributed by atoms with van der Waals surface area (Å²) in [7, 11) is 0. The smallest absolute Gasteiger partial charge is 0.251 e. The first-order valence-electron chi connectivity index (χ1n) is 6.52. The first-order valence-corrected chi connectivity index (χ1v) is 7.31. The van der Waals surface area contributed by atoms with Crippen LogP contribution in [-0.4, -0.2) is 5.91 Å². The summed E-state index contributed by atoms with van der Waals surface area (Å²) in [6.45, 7) is 2.05. The molecule has 3 N–H and O–H groups in total. The third-order valence-corrected chi connectivity index (χ3v) is 3.69. The summed E-state index contributed by atoms with van der Waals surface area (Å²) in [4.78, 5) is 12.2. The zero-order valence-corrected chi connectivity index (χ0v) is 12.9. The number of benzene rings is 2. The molecule has 0 aliphatic rings. The van der Waals surface area contributed by atoms with Crippen molar-refractivity contribution in [3.63, 3.8) is 0 Å². The summed E-state index contributed by atoms with van der Waals surface area (Å²) in [5, 5.41) is 3.04. The maximum atomic E-state index is 12.2. The molecule has 0 heterocycles. The van der Waals surface area contributed by atoms with Crippen LogP contribution >= 0.6 is 15.9 Å². The highest BCUT2D eigenvalue weighted by molar-refractivity contribution is 9.10. The van der Waals surface area contributed by atoms with Crippen LogP contribution < -0.4 is 11.1 Å². The van der Waals surface area contributed by atoms with Gasteiger partial charge in [0.05, 0.1) is 6.04 Å². The Kier molecular flexibility index (Phi) is 4.79. The van der Waals surface area contributed by atoms with Gasteiger partial charge >= 0.3 is 0 Å². The number of amides is 1. The Hall–Kier alpha value is -1.81. The minimum absolute atomic E-state index is 0.00755. The van der Waals surface area contributed by atoms with Crippen LogP contribution in [0.5, 0.6) is 0 Å². The molecule has 0 saturated heterocycles. The molecule has 2 rings (SSSR count). The van der Waals surface area contributed by atoms with Crippen LogP contribution in [-0.2, 0) is 0 Å². The first-order chi connectivity index (χ1) is 9.60. The predicted octanol–water partition coefficient (Wildman–Crippen LogP) is 3.91. The van der Waals surface area contributed by atoms with Crippen molar-refractivity contribution in [2.75, 3.05) is 5.73 Å². The minimum atomic E-state index is -0.0835. The summed E-state index contributed by atoms with van der Waals surface area (Å²) < 4.78 is 1.03. The predicted molar refractivity (Wildman–Crippen MR) is 85.5 cm³/mol. The Labute approximate surface area is 127 Å². The fourth-order valence-electron chi connectivity index (χ4n) is 1.99. The lowest BCUT2D eigenvalue weighted by Crippen LogP contribution is -2.28. The largest absolute Gasteiger partial charge is 0.399 e. The molecule has 2 aromatic rings. The van der Waals surface area contributed by atoms with Crippen molar-refractivity contribution in [1.82, 2.24) is 5.32 Å². The van der Waals surface area contributed by atoms with Crippen LogP contribution in [0.3, 0.4) is 0 Å². The minimum Gasteiger partial charge on any atom is -0.399 e. The van der Waals surface area contributed by atoms with Crippen LogP contribution in [0.15, 0.2) is 53.0 Å². The fraction of sp³-hybridized carbons (Fsp3) is 0.188. The third-order valence-electron chi connectivity index (χ3n) is 3.16. The van der Waals surface area contributed by atoms with Gasteiger partial charge in [-0.25, -0.2) is 0 Å². The molecule has 3 nitrogen and oxygen atoms in total. The van der Waals surface area contributed by atoms with Gasteiger partial charge in [0.25, 0.3) is 5.91 Å². The van der Waals surface area contributed by atoms with Gasteiger partial charge in [0.15, 0.2) is 0 Å². The maximum Gasteiger partial charge on any atom is 0.251 e. The van der Waals surface area contributed by atoms with Crippen LogP contribution in [0.4, 0.5) is 5.69 Å². The molecular weight excluding hydrogens is 316 g/mol. The van der Waals surface area contributed by atoms with E-state index in [1.54, 1.807) is 24.3 Å². The van der Waals surface area contributed by atoms with Gasteiger partial charge in [-0.1, -0.05) is 35.0 Å². The number of anilines is 1. The summed E-state index contributed by atoms with van der Waals surface area (Å²) in [6, 6.07) is 14.9. The van der Waals surface area contributed by atoms with E-state index < -0.39 is 0 Å². The highest BCUT2D eigenvalue weighted by Gasteiger charge is 2.13. The number of hydrogen-bond donors (Lipinski definition) is 2. The van der Waals surface area contributed by atoms with Crippen LogP contribution in [0.25, 0.3) is 0 Å². The number of halogens is 1. The van der Waals surface area contributed by atoms with Crippen molar-refractivity contribution >= 4 is 27.5 Å². The van der Waals surface area contributed by atoms with E-state index in [4.69, 9.17) is 5.73 Å². The quantitative estimate of drug-likeness (QED) is 0.834. The molecule has 0 aromatic heterocycles. The average Bonchev–Trinajstić information content (AvgIpc) is 2.46. The summed E-state index contributed by atoms with van der Waals surface area (Å²) in [5.74, 6) is -0.0835. The Bertz CT molecular complexity index is 578. The second-order valence-electron chi connectivity index (χ2n) is 4.61. The molecule has 1 unspecified atom stereocenters. The van der Waals surface area contributed by atoms with Crippen molar-refractivity contribution < 1.29 is 4.79 Å². The van der Waals surface area contributed by atoms with E-state index in [0.29, 0.717) is 11.3 Å². The highest BCUT2D eigenvalue weighted by atomic mass is 79.9. The van der Waals surface area contributed by atoms with Gasteiger partial charge in [0.1, 0.15) is 0 Å². The van der Waals surface area contributed by atoms with E-state index in [1.807, 2.05) is 24.3 Å². The van der Waals surface area contributed by atoms with Gasteiger partial charge in [0, 0.05) is 15.7 Å². The highest BCUT2D eigenvalue weighted by Crippen LogP contribution is 2.20. The summed E-state index contributed by atoms with van der Waals surface area (Å²) in [5.41, 5.74) is 7.99. The zero-order valence-electron chi connectivity index (χ0n) is 11.3. The normalized spacial score (nSPS) is 11.9. The monoisotopic (exact) mass is 332 g/mol. The first kappa shape index (κ1) is 14.6. The summed E-state index contributed by atoms with van der Waals surface area (Å²) in [6.07, 6.45) is 0.836. The lowest BCUT2D eigenvalue weighted by Gasteiger charge is -2.17. The molecule has 2 aromatic carbocycles. The van der Waals surface area contributed by atoms with Crippen molar-refractivity contribution in [2.24, 2.45) is 0 Å². The SMILES string of the molecule is CCC(NC(=O)c1ccc(N)cc1)c1ccc(Br)cc1. The van der Waals surface area contributed by atoms with Gasteiger partial charge in [-0.3, -0.25) is 4.79 Å². The maximum absolute atomic E-state index is 12.2. The Morgan fingerprint density at radius 1 is 1.15 bits per heavy atom. The molecule has 0 aliphatic carbocycles. The van der Waals surface area contributed by atoms with E-state index in [-0.39, 0.29) is 11.9 Å². The second kappa shape index (κ2) is 6.57. The van der Waals surface area contributed by atoms with Gasteiger partial charge in [-0.05, 0) is 48.4 Å². The second-order valence-corrected chi connectivity index (χ2v) is 5.52. The number of rotatable bonds is 4. The molecule has 4 heteroatoms. The number of carbonyl (C=O) groups excluding carboxylic acids is 1. The Morgan fingerprint density at radius 2 is 1.75 bits per heavy atom. The van der Waals surface area contributed by atoms with Crippen molar-refractivity contribution in [3.8, 4) is 0 Å². The molecular formula is C16H17BrN2O. The van der Waals surface area contributed by atoms with Crippen molar-refractivity contribution in [1.29, 1.82) is 0 Å². The van der Waals surface area contributed by atoms with Gasteiger partial charge in [-0.2, -0.15) is 0 Å². The van der Waals surface area contributed by atoms with E-state index in [1.165, 1.54) is 0 Å². The number of nitrogens with two attached hydrogens (primary N) is 1. The molecule has 0 saturated carbocycles. The third kappa shape index (κ3) is 3.61. The van der Waals surface area contributed by atoms with E-state index >= 15 is 0 Å². The number of carbonyl (C=O) groups is 1. The van der Waals surface area contributed by atoms with E-state index in [0.717, 1.165) is 16.5 Å². The zero-order chi connectivity index (χ0) is 14.5. The van der Waals surface area contributed by atoms with Gasteiger partial charge in [-0.15, -0.1) is 0 Å². The number of nitrogens with one attached hydrogen (secondary N) is 1. The van der Waals surface area contributed by atoms with Gasteiger partial charge < -0.3 is 11.1 Å². The Morgan fingerprint density at radius 3 is 2.30 bits per heavy atom. The Balaban J connectivity index is 2.11. The molecule has 0 bridgehead atoms. The van der Waals surface area contributed by atoms with Crippen molar-refractivity contribution in [3.05, 3.63) is 64.1 Å². The molecule has 0 radical (unpaired) electrons. The molecule has 104 valence electrons. The number of hydrogen-bond acceptors (Lipinski definition) is 2. The lowest BCUT2D eigenvalue weighted by molar-refractivity contribution is 0.0935. The molecule has 0 fully saturated rings. The topological polar surface area (TPSA) is 55.1 Å². The number of nitrogen functional groups attached to an aromatic ring is 1. The standard InChI is InChI=1S/C16H17BrN2O/c1-2-15(11-3-7-13(17)8-4-11)19-16(20)12-5-9-14(18)10-6-12/h3-10,15H,2,18H2,1H3,(H,19,20). The van der Waals surface area contributed by atoms with Crippen molar-refractivity contribution in [2.45, 2.75) is 19.4 Å². The summed E-state index contributed by atoms with van der Waals surface area (Å²) >= 11 is 3.41. The molecule has 0 aliphatic heterocycles. The van der Waals surface area contributed by atoms with E-state index in [9.17, 15) is 4.79 Å².